The van der Waals surface area contributed by atoms with Crippen LogP contribution in [0.5, 0.6) is 0 Å². The van der Waals surface area contributed by atoms with Crippen molar-refractivity contribution in [3.8, 4) is 0 Å². The first-order valence-corrected chi connectivity index (χ1v) is 3.02. The molecule has 2 heterocycles. The van der Waals surface area contributed by atoms with Crippen LogP contribution >= 0.6 is 0 Å². The van der Waals surface area contributed by atoms with E-state index in [1.54, 1.807) is 7.05 Å². The van der Waals surface area contributed by atoms with Crippen LogP contribution in [0.3, 0.4) is 0 Å². The van der Waals surface area contributed by atoms with Gasteiger partial charge in [-0.25, -0.2) is 14.5 Å². The zero-order valence-electron chi connectivity index (χ0n) is 5.80. The Bertz CT molecular complexity index is 441. The fourth-order valence-corrected chi connectivity index (χ4v) is 0.820. The molecule has 6 heteroatoms. The topological polar surface area (TPSA) is 65.1 Å². The van der Waals surface area contributed by atoms with Gasteiger partial charge in [0.2, 0.25) is 0 Å². The Morgan fingerprint density at radius 2 is 2.27 bits per heavy atom. The zero-order chi connectivity index (χ0) is 7.84. The molecule has 0 aliphatic heterocycles. The van der Waals surface area contributed by atoms with Crippen LogP contribution in [0.4, 0.5) is 0 Å². The lowest BCUT2D eigenvalue weighted by molar-refractivity contribution is 0.717. The molecule has 0 radical (unpaired) electrons. The van der Waals surface area contributed by atoms with Crippen molar-refractivity contribution >= 4 is 5.78 Å². The molecule has 6 nitrogen and oxygen atoms in total. The SMILES string of the molecule is Cn1nc2nccnn2c1=O. The van der Waals surface area contributed by atoms with Gasteiger partial charge in [0.15, 0.2) is 0 Å². The van der Waals surface area contributed by atoms with Crippen LogP contribution in [0.1, 0.15) is 0 Å². The van der Waals surface area contributed by atoms with E-state index in [9.17, 15) is 4.79 Å². The van der Waals surface area contributed by atoms with Gasteiger partial charge in [-0.2, -0.15) is 5.10 Å². The highest BCUT2D eigenvalue weighted by molar-refractivity contribution is 5.20. The van der Waals surface area contributed by atoms with E-state index in [1.807, 2.05) is 0 Å². The highest BCUT2D eigenvalue weighted by Crippen LogP contribution is 1.83. The van der Waals surface area contributed by atoms with Crippen molar-refractivity contribution in [3.63, 3.8) is 0 Å². The summed E-state index contributed by atoms with van der Waals surface area (Å²) in [6.07, 6.45) is 2.93. The van der Waals surface area contributed by atoms with E-state index in [0.717, 1.165) is 4.52 Å². The second-order valence-electron chi connectivity index (χ2n) is 2.06. The Hall–Kier alpha value is -1.72. The number of hydrogen-bond donors (Lipinski definition) is 0. The maximum atomic E-state index is 11.1. The second kappa shape index (κ2) is 1.88. The van der Waals surface area contributed by atoms with Crippen LogP contribution in [0.25, 0.3) is 5.78 Å². The minimum Gasteiger partial charge on any atom is -0.244 e. The molecule has 0 amide bonds. The van der Waals surface area contributed by atoms with E-state index in [1.165, 1.54) is 17.1 Å². The number of nitrogens with zero attached hydrogens (tertiary/aromatic N) is 5. The number of aryl methyl sites for hydroxylation is 1. The smallest absolute Gasteiger partial charge is 0.244 e. The average Bonchev–Trinajstić information content (AvgIpc) is 2.30. The summed E-state index contributed by atoms with van der Waals surface area (Å²) in [4.78, 5) is 14.9. The zero-order valence-corrected chi connectivity index (χ0v) is 5.80. The van der Waals surface area contributed by atoms with E-state index in [-0.39, 0.29) is 5.69 Å². The summed E-state index contributed by atoms with van der Waals surface area (Å²) in [5.74, 6) is 0.319. The van der Waals surface area contributed by atoms with Crippen LogP contribution in [-0.2, 0) is 7.05 Å². The summed E-state index contributed by atoms with van der Waals surface area (Å²) in [5, 5.41) is 7.57. The van der Waals surface area contributed by atoms with Gasteiger partial charge in [-0.15, -0.1) is 9.61 Å². The molecule has 2 aromatic rings. The van der Waals surface area contributed by atoms with E-state index < -0.39 is 0 Å². The van der Waals surface area contributed by atoms with Gasteiger partial charge in [-0.05, 0) is 0 Å². The lowest BCUT2D eigenvalue weighted by Crippen LogP contribution is -2.19. The van der Waals surface area contributed by atoms with Crippen LogP contribution in [0, 0.1) is 0 Å². The molecule has 0 fully saturated rings. The Morgan fingerprint density at radius 3 is 3.00 bits per heavy atom. The molecule has 0 bridgehead atoms. The first-order chi connectivity index (χ1) is 5.29. The standard InChI is InChI=1S/C5H5N5O/c1-9-5(11)10-4(8-9)6-2-3-7-10/h2-3H,1H3. The van der Waals surface area contributed by atoms with Gasteiger partial charge >= 0.3 is 5.69 Å². The minimum absolute atomic E-state index is 0.284. The van der Waals surface area contributed by atoms with Crippen molar-refractivity contribution in [2.24, 2.45) is 7.05 Å². The van der Waals surface area contributed by atoms with Crippen molar-refractivity contribution < 1.29 is 0 Å². The molecule has 0 spiro atoms. The summed E-state index contributed by atoms with van der Waals surface area (Å²) in [7, 11) is 1.55. The Kier molecular flexibility index (Phi) is 1.03. The monoisotopic (exact) mass is 151 g/mol. The maximum Gasteiger partial charge on any atom is 0.368 e. The third kappa shape index (κ3) is 0.721. The van der Waals surface area contributed by atoms with Crippen molar-refractivity contribution in [2.75, 3.05) is 0 Å². The number of fused-ring (bicyclic) bond motifs is 1. The minimum atomic E-state index is -0.284. The maximum absolute atomic E-state index is 11.1. The summed E-state index contributed by atoms with van der Waals surface area (Å²) in [6, 6.07) is 0. The summed E-state index contributed by atoms with van der Waals surface area (Å²) in [5.41, 5.74) is -0.284. The van der Waals surface area contributed by atoms with Crippen molar-refractivity contribution in [2.45, 2.75) is 0 Å². The molecule has 0 aliphatic carbocycles. The lowest BCUT2D eigenvalue weighted by Gasteiger charge is -1.82. The van der Waals surface area contributed by atoms with Crippen LogP contribution < -0.4 is 5.69 Å². The molecular weight excluding hydrogens is 146 g/mol. The van der Waals surface area contributed by atoms with Crippen molar-refractivity contribution in [3.05, 3.63) is 22.9 Å². The molecule has 0 aromatic carbocycles. The van der Waals surface area contributed by atoms with E-state index in [0.29, 0.717) is 5.78 Å². The summed E-state index contributed by atoms with van der Waals surface area (Å²) in [6.45, 7) is 0. The fourth-order valence-electron chi connectivity index (χ4n) is 0.820. The van der Waals surface area contributed by atoms with Crippen molar-refractivity contribution in [1.82, 2.24) is 24.4 Å². The van der Waals surface area contributed by atoms with Gasteiger partial charge < -0.3 is 0 Å². The van der Waals surface area contributed by atoms with Crippen LogP contribution in [0.2, 0.25) is 0 Å². The lowest BCUT2D eigenvalue weighted by atomic mass is 10.9. The predicted molar refractivity (Wildman–Crippen MR) is 36.0 cm³/mol. The molecule has 0 N–H and O–H groups in total. The molecule has 0 unspecified atom stereocenters. The van der Waals surface area contributed by atoms with Gasteiger partial charge in [0.05, 0.1) is 12.4 Å². The normalized spacial score (nSPS) is 10.6. The van der Waals surface area contributed by atoms with E-state index >= 15 is 0 Å². The van der Waals surface area contributed by atoms with E-state index in [4.69, 9.17) is 0 Å². The van der Waals surface area contributed by atoms with Crippen LogP contribution in [0.15, 0.2) is 17.2 Å². The summed E-state index contributed by atoms with van der Waals surface area (Å²) < 4.78 is 2.33. The number of rotatable bonds is 0. The Labute approximate surface area is 61.1 Å². The molecule has 2 rings (SSSR count). The summed E-state index contributed by atoms with van der Waals surface area (Å²) >= 11 is 0. The van der Waals surface area contributed by atoms with Gasteiger partial charge in [0.1, 0.15) is 0 Å². The highest BCUT2D eigenvalue weighted by Gasteiger charge is 2.02. The van der Waals surface area contributed by atoms with Gasteiger partial charge in [0, 0.05) is 7.05 Å². The third-order valence-corrected chi connectivity index (χ3v) is 1.33. The molecule has 0 saturated heterocycles. The fraction of sp³-hybridized carbons (Fsp3) is 0.200. The molecule has 56 valence electrons. The molecule has 11 heavy (non-hydrogen) atoms. The number of aromatic nitrogens is 5. The van der Waals surface area contributed by atoms with Gasteiger partial charge in [-0.3, -0.25) is 0 Å². The molecule has 0 atom stereocenters. The second-order valence-corrected chi connectivity index (χ2v) is 2.06. The first kappa shape index (κ1) is 6.02. The number of hydrogen-bond acceptors (Lipinski definition) is 4. The molecule has 0 saturated carbocycles. The van der Waals surface area contributed by atoms with E-state index in [2.05, 4.69) is 15.2 Å². The molecular formula is C5H5N5O. The average molecular weight is 151 g/mol. The quantitative estimate of drug-likeness (QED) is 0.475. The largest absolute Gasteiger partial charge is 0.368 e. The van der Waals surface area contributed by atoms with Crippen LogP contribution in [-0.4, -0.2) is 24.4 Å². The molecule has 2 aromatic heterocycles. The highest BCUT2D eigenvalue weighted by atomic mass is 16.2. The van der Waals surface area contributed by atoms with Gasteiger partial charge in [0.25, 0.3) is 5.78 Å². The Morgan fingerprint density at radius 1 is 1.45 bits per heavy atom. The third-order valence-electron chi connectivity index (χ3n) is 1.33. The Balaban J connectivity index is 3.04. The predicted octanol–water partition coefficient (Wildman–Crippen LogP) is -1.18. The van der Waals surface area contributed by atoms with Gasteiger partial charge in [-0.1, -0.05) is 0 Å². The van der Waals surface area contributed by atoms with Crippen molar-refractivity contribution in [1.29, 1.82) is 0 Å². The first-order valence-electron chi connectivity index (χ1n) is 3.02. The molecule has 0 aliphatic rings.